The number of nitrogens with zero attached hydrogens (tertiary/aromatic N) is 1. The van der Waals surface area contributed by atoms with E-state index in [2.05, 4.69) is 11.4 Å². The van der Waals surface area contributed by atoms with Crippen molar-refractivity contribution in [1.29, 1.82) is 0 Å². The molecule has 2 aromatic rings. The molecule has 0 spiro atoms. The molecule has 1 heterocycles. The molecule has 1 N–H and O–H groups in total. The van der Waals surface area contributed by atoms with Gasteiger partial charge in [-0.1, -0.05) is 18.6 Å². The topological polar surface area (TPSA) is 49.4 Å². The van der Waals surface area contributed by atoms with Crippen molar-refractivity contribution in [3.05, 3.63) is 59.4 Å². The van der Waals surface area contributed by atoms with Crippen LogP contribution in [0.25, 0.3) is 0 Å². The number of aryl methyl sites for hydroxylation is 1. The van der Waals surface area contributed by atoms with Gasteiger partial charge >= 0.3 is 0 Å². The lowest BCUT2D eigenvalue weighted by molar-refractivity contribution is -0.124. The van der Waals surface area contributed by atoms with Gasteiger partial charge in [-0.15, -0.1) is 0 Å². The van der Waals surface area contributed by atoms with E-state index in [0.717, 1.165) is 55.5 Å². The van der Waals surface area contributed by atoms with Gasteiger partial charge in [0.05, 0.1) is 5.92 Å². The molecule has 1 unspecified atom stereocenters. The molecule has 1 atom stereocenters. The Morgan fingerprint density at radius 3 is 2.54 bits per heavy atom. The van der Waals surface area contributed by atoms with Gasteiger partial charge in [-0.3, -0.25) is 9.59 Å². The minimum absolute atomic E-state index is 0.134. The van der Waals surface area contributed by atoms with E-state index in [1.807, 2.05) is 24.0 Å². The largest absolute Gasteiger partial charge is 0.326 e. The maximum Gasteiger partial charge on any atom is 0.231 e. The Kier molecular flexibility index (Phi) is 5.16. The highest BCUT2D eigenvalue weighted by atomic mass is 19.1. The molecule has 1 saturated carbocycles. The lowest BCUT2D eigenvalue weighted by Crippen LogP contribution is -2.41. The normalized spacial score (nSPS) is 17.4. The number of carbonyl (C=O) groups excluding carboxylic acids is 2. The van der Waals surface area contributed by atoms with Crippen LogP contribution in [-0.4, -0.2) is 18.4 Å². The van der Waals surface area contributed by atoms with E-state index in [-0.39, 0.29) is 29.5 Å². The third-order valence-corrected chi connectivity index (χ3v) is 5.95. The molecule has 0 radical (unpaired) electrons. The molecular weight excluding hydrogens is 355 g/mol. The number of anilines is 2. The van der Waals surface area contributed by atoms with Crippen LogP contribution >= 0.6 is 0 Å². The van der Waals surface area contributed by atoms with Gasteiger partial charge in [0.1, 0.15) is 5.82 Å². The Balaban J connectivity index is 1.50. The Morgan fingerprint density at radius 2 is 1.86 bits per heavy atom. The molecule has 5 heteroatoms. The molecule has 1 aliphatic carbocycles. The summed E-state index contributed by atoms with van der Waals surface area (Å²) in [6.07, 6.45) is 5.03. The number of carbonyl (C=O) groups is 2. The Hall–Kier alpha value is -2.69. The zero-order valence-electron chi connectivity index (χ0n) is 16.1. The van der Waals surface area contributed by atoms with Crippen LogP contribution in [0, 0.1) is 11.7 Å². The summed E-state index contributed by atoms with van der Waals surface area (Å²) in [5.41, 5.74) is 3.64. The summed E-state index contributed by atoms with van der Waals surface area (Å²) >= 11 is 0. The summed E-state index contributed by atoms with van der Waals surface area (Å²) in [6, 6.07) is 11.7. The number of nitrogens with one attached hydrogen (secondary N) is 1. The Bertz CT molecular complexity index is 890. The summed E-state index contributed by atoms with van der Waals surface area (Å²) in [4.78, 5) is 27.3. The standard InChI is InChI=1S/C23H25FN2O2/c1-15(22(27)25-20-10-8-19(24)9-11-20)17-7-12-21-18(14-17)6-3-13-26(21)23(28)16-4-2-5-16/h7-12,14-16H,2-6,13H2,1H3,(H,25,27). The Labute approximate surface area is 164 Å². The first-order chi connectivity index (χ1) is 13.5. The van der Waals surface area contributed by atoms with E-state index in [1.54, 1.807) is 12.1 Å². The maximum atomic E-state index is 13.0. The van der Waals surface area contributed by atoms with Gasteiger partial charge in [-0.2, -0.15) is 0 Å². The first-order valence-electron chi connectivity index (χ1n) is 10.0. The summed E-state index contributed by atoms with van der Waals surface area (Å²) in [7, 11) is 0. The van der Waals surface area contributed by atoms with Crippen molar-refractivity contribution >= 4 is 23.2 Å². The van der Waals surface area contributed by atoms with Crippen molar-refractivity contribution in [2.75, 3.05) is 16.8 Å². The van der Waals surface area contributed by atoms with Crippen LogP contribution < -0.4 is 10.2 Å². The molecule has 0 aromatic heterocycles. The highest BCUT2D eigenvalue weighted by Gasteiger charge is 2.32. The zero-order valence-corrected chi connectivity index (χ0v) is 16.1. The predicted octanol–water partition coefficient (Wildman–Crippen LogP) is 4.65. The third kappa shape index (κ3) is 3.66. The Morgan fingerprint density at radius 1 is 1.11 bits per heavy atom. The summed E-state index contributed by atoms with van der Waals surface area (Å²) in [5.74, 6) is -0.368. The van der Waals surface area contributed by atoms with Crippen molar-refractivity contribution in [2.24, 2.45) is 5.92 Å². The quantitative estimate of drug-likeness (QED) is 0.840. The van der Waals surface area contributed by atoms with Gasteiger partial charge in [0.15, 0.2) is 0 Å². The first kappa shape index (κ1) is 18.7. The second kappa shape index (κ2) is 7.74. The molecule has 2 aromatic carbocycles. The highest BCUT2D eigenvalue weighted by Crippen LogP contribution is 2.35. The number of benzene rings is 2. The molecule has 1 fully saturated rings. The molecule has 2 amide bonds. The predicted molar refractivity (Wildman–Crippen MR) is 108 cm³/mol. The van der Waals surface area contributed by atoms with E-state index in [0.29, 0.717) is 5.69 Å². The lowest BCUT2D eigenvalue weighted by Gasteiger charge is -2.35. The van der Waals surface area contributed by atoms with Crippen LogP contribution in [0.5, 0.6) is 0 Å². The van der Waals surface area contributed by atoms with Crippen molar-refractivity contribution in [2.45, 2.75) is 44.9 Å². The number of hydrogen-bond donors (Lipinski definition) is 1. The molecule has 4 nitrogen and oxygen atoms in total. The SMILES string of the molecule is CC(C(=O)Nc1ccc(F)cc1)c1ccc2c(c1)CCCN2C(=O)C1CCC1. The highest BCUT2D eigenvalue weighted by molar-refractivity contribution is 5.97. The molecule has 146 valence electrons. The summed E-state index contributed by atoms with van der Waals surface area (Å²) in [5, 5.41) is 2.83. The fraction of sp³-hybridized carbons (Fsp3) is 0.391. The molecular formula is C23H25FN2O2. The molecule has 1 aliphatic heterocycles. The molecule has 28 heavy (non-hydrogen) atoms. The minimum Gasteiger partial charge on any atom is -0.326 e. The second-order valence-corrected chi connectivity index (χ2v) is 7.83. The van der Waals surface area contributed by atoms with Gasteiger partial charge < -0.3 is 10.2 Å². The third-order valence-electron chi connectivity index (χ3n) is 5.95. The molecule has 0 saturated heterocycles. The fourth-order valence-corrected chi connectivity index (χ4v) is 3.93. The van der Waals surface area contributed by atoms with Gasteiger partial charge in [0.2, 0.25) is 11.8 Å². The van der Waals surface area contributed by atoms with Crippen molar-refractivity contribution in [3.63, 3.8) is 0 Å². The van der Waals surface area contributed by atoms with E-state index in [9.17, 15) is 14.0 Å². The number of hydrogen-bond acceptors (Lipinski definition) is 2. The molecule has 2 aliphatic rings. The monoisotopic (exact) mass is 380 g/mol. The average Bonchev–Trinajstić information content (AvgIpc) is 2.66. The van der Waals surface area contributed by atoms with Crippen LogP contribution in [0.2, 0.25) is 0 Å². The van der Waals surface area contributed by atoms with E-state index in [1.165, 1.54) is 12.1 Å². The maximum absolute atomic E-state index is 13.0. The fourth-order valence-electron chi connectivity index (χ4n) is 3.93. The van der Waals surface area contributed by atoms with Crippen molar-refractivity contribution in [3.8, 4) is 0 Å². The number of amides is 2. The smallest absolute Gasteiger partial charge is 0.231 e. The van der Waals surface area contributed by atoms with Crippen molar-refractivity contribution < 1.29 is 14.0 Å². The number of rotatable bonds is 4. The minimum atomic E-state index is -0.340. The van der Waals surface area contributed by atoms with Gasteiger partial charge in [0, 0.05) is 23.8 Å². The van der Waals surface area contributed by atoms with Crippen LogP contribution in [0.3, 0.4) is 0 Å². The van der Waals surface area contributed by atoms with Crippen molar-refractivity contribution in [1.82, 2.24) is 0 Å². The summed E-state index contributed by atoms with van der Waals surface area (Å²) in [6.45, 7) is 2.64. The average molecular weight is 380 g/mol. The van der Waals surface area contributed by atoms with Crippen LogP contribution in [0.1, 0.15) is 49.7 Å². The van der Waals surface area contributed by atoms with Crippen LogP contribution in [0.4, 0.5) is 15.8 Å². The van der Waals surface area contributed by atoms with Gasteiger partial charge in [-0.05, 0) is 74.1 Å². The molecule has 4 rings (SSSR count). The van der Waals surface area contributed by atoms with Gasteiger partial charge in [-0.25, -0.2) is 4.39 Å². The van der Waals surface area contributed by atoms with Gasteiger partial charge in [0.25, 0.3) is 0 Å². The first-order valence-corrected chi connectivity index (χ1v) is 10.0. The number of halogens is 1. The summed E-state index contributed by atoms with van der Waals surface area (Å²) < 4.78 is 13.0. The van der Waals surface area contributed by atoms with E-state index in [4.69, 9.17) is 0 Å². The second-order valence-electron chi connectivity index (χ2n) is 7.83. The number of fused-ring (bicyclic) bond motifs is 1. The molecule has 0 bridgehead atoms. The van der Waals surface area contributed by atoms with Crippen LogP contribution in [0.15, 0.2) is 42.5 Å². The van der Waals surface area contributed by atoms with E-state index >= 15 is 0 Å². The lowest BCUT2D eigenvalue weighted by atomic mass is 9.83. The van der Waals surface area contributed by atoms with Crippen LogP contribution in [-0.2, 0) is 16.0 Å². The zero-order chi connectivity index (χ0) is 19.7. The van der Waals surface area contributed by atoms with E-state index < -0.39 is 0 Å².